The highest BCUT2D eigenvalue weighted by Gasteiger charge is 2.31. The number of hydrogen-bond acceptors (Lipinski definition) is 3. The summed E-state index contributed by atoms with van der Waals surface area (Å²) in [5.74, 6) is 0.307. The van der Waals surface area contributed by atoms with Crippen molar-refractivity contribution in [1.29, 1.82) is 0 Å². The normalized spacial score (nSPS) is 30.3. The lowest BCUT2D eigenvalue weighted by Crippen LogP contribution is -2.54. The maximum Gasteiger partial charge on any atom is 0.239 e. The van der Waals surface area contributed by atoms with Gasteiger partial charge in [0.15, 0.2) is 0 Å². The SMILES string of the molecule is CCN1CCC(N(C)C(=O)C2CCCC(C)N2)CC1. The van der Waals surface area contributed by atoms with Crippen LogP contribution in [0.25, 0.3) is 0 Å². The molecular formula is C15H29N3O. The lowest BCUT2D eigenvalue weighted by molar-refractivity contribution is -0.136. The quantitative estimate of drug-likeness (QED) is 0.841. The maximum atomic E-state index is 12.5. The molecule has 4 heteroatoms. The Morgan fingerprint density at radius 1 is 1.26 bits per heavy atom. The first-order valence-corrected chi connectivity index (χ1v) is 7.87. The minimum absolute atomic E-state index is 0.0537. The molecule has 0 aromatic heterocycles. The average Bonchev–Trinajstić information content (AvgIpc) is 2.46. The van der Waals surface area contributed by atoms with Crippen LogP contribution in [0.15, 0.2) is 0 Å². The summed E-state index contributed by atoms with van der Waals surface area (Å²) in [4.78, 5) is 17.0. The standard InChI is InChI=1S/C15H29N3O/c1-4-18-10-8-13(9-11-18)17(3)15(19)14-7-5-6-12(2)16-14/h12-14,16H,4-11H2,1-3H3. The van der Waals surface area contributed by atoms with Crippen molar-refractivity contribution in [3.05, 3.63) is 0 Å². The van der Waals surface area contributed by atoms with Crippen LogP contribution in [0.4, 0.5) is 0 Å². The van der Waals surface area contributed by atoms with Gasteiger partial charge in [0.05, 0.1) is 6.04 Å². The first-order valence-electron chi connectivity index (χ1n) is 7.87. The van der Waals surface area contributed by atoms with E-state index in [4.69, 9.17) is 0 Å². The van der Waals surface area contributed by atoms with Crippen molar-refractivity contribution in [3.8, 4) is 0 Å². The van der Waals surface area contributed by atoms with Gasteiger partial charge in [-0.15, -0.1) is 0 Å². The van der Waals surface area contributed by atoms with E-state index in [-0.39, 0.29) is 6.04 Å². The Morgan fingerprint density at radius 2 is 1.95 bits per heavy atom. The minimum Gasteiger partial charge on any atom is -0.341 e. The maximum absolute atomic E-state index is 12.5. The molecule has 2 aliphatic rings. The number of piperidine rings is 2. The van der Waals surface area contributed by atoms with Crippen LogP contribution in [-0.2, 0) is 4.79 Å². The molecule has 2 unspecified atom stereocenters. The van der Waals surface area contributed by atoms with E-state index in [2.05, 4.69) is 24.1 Å². The second-order valence-electron chi connectivity index (χ2n) is 6.17. The summed E-state index contributed by atoms with van der Waals surface area (Å²) in [6.07, 6.45) is 5.62. The molecule has 2 aliphatic heterocycles. The predicted octanol–water partition coefficient (Wildman–Crippen LogP) is 1.46. The molecule has 2 atom stereocenters. The molecule has 19 heavy (non-hydrogen) atoms. The van der Waals surface area contributed by atoms with E-state index in [1.54, 1.807) is 0 Å². The van der Waals surface area contributed by atoms with E-state index in [0.717, 1.165) is 38.9 Å². The van der Waals surface area contributed by atoms with E-state index < -0.39 is 0 Å². The zero-order valence-electron chi connectivity index (χ0n) is 12.7. The van der Waals surface area contributed by atoms with Crippen molar-refractivity contribution >= 4 is 5.91 Å². The van der Waals surface area contributed by atoms with Gasteiger partial charge in [0.2, 0.25) is 5.91 Å². The molecule has 1 amide bonds. The van der Waals surface area contributed by atoms with Gasteiger partial charge in [0.25, 0.3) is 0 Å². The molecule has 2 saturated heterocycles. The highest BCUT2D eigenvalue weighted by Crippen LogP contribution is 2.19. The van der Waals surface area contributed by atoms with Crippen LogP contribution in [0.2, 0.25) is 0 Å². The third-order valence-corrected chi connectivity index (χ3v) is 4.81. The first kappa shape index (κ1) is 14.8. The van der Waals surface area contributed by atoms with Crippen LogP contribution >= 0.6 is 0 Å². The van der Waals surface area contributed by atoms with E-state index in [0.29, 0.717) is 18.0 Å². The third kappa shape index (κ3) is 3.69. The van der Waals surface area contributed by atoms with Crippen molar-refractivity contribution in [2.45, 2.75) is 64.1 Å². The fourth-order valence-electron chi connectivity index (χ4n) is 3.38. The topological polar surface area (TPSA) is 35.6 Å². The molecule has 4 nitrogen and oxygen atoms in total. The van der Waals surface area contributed by atoms with Crippen molar-refractivity contribution in [1.82, 2.24) is 15.1 Å². The smallest absolute Gasteiger partial charge is 0.239 e. The molecule has 0 aromatic rings. The van der Waals surface area contributed by atoms with Crippen molar-refractivity contribution < 1.29 is 4.79 Å². The summed E-state index contributed by atoms with van der Waals surface area (Å²) >= 11 is 0. The zero-order chi connectivity index (χ0) is 13.8. The van der Waals surface area contributed by atoms with E-state index in [1.807, 2.05) is 11.9 Å². The Labute approximate surface area is 117 Å². The molecule has 110 valence electrons. The van der Waals surface area contributed by atoms with E-state index in [1.165, 1.54) is 12.8 Å². The average molecular weight is 267 g/mol. The van der Waals surface area contributed by atoms with Gasteiger partial charge in [-0.25, -0.2) is 0 Å². The predicted molar refractivity (Wildman–Crippen MR) is 78.1 cm³/mol. The third-order valence-electron chi connectivity index (χ3n) is 4.81. The van der Waals surface area contributed by atoms with Gasteiger partial charge in [0, 0.05) is 32.2 Å². The molecule has 0 radical (unpaired) electrons. The molecule has 2 rings (SSSR count). The van der Waals surface area contributed by atoms with Gasteiger partial charge in [-0.05, 0) is 45.6 Å². The number of rotatable bonds is 3. The molecule has 2 heterocycles. The number of nitrogens with one attached hydrogen (secondary N) is 1. The minimum atomic E-state index is 0.0537. The highest BCUT2D eigenvalue weighted by molar-refractivity contribution is 5.82. The summed E-state index contributed by atoms with van der Waals surface area (Å²) in [7, 11) is 2.00. The Hall–Kier alpha value is -0.610. The molecule has 0 bridgehead atoms. The fraction of sp³-hybridized carbons (Fsp3) is 0.933. The summed E-state index contributed by atoms with van der Waals surface area (Å²) in [5, 5.41) is 3.45. The second kappa shape index (κ2) is 6.71. The van der Waals surface area contributed by atoms with Crippen molar-refractivity contribution in [2.75, 3.05) is 26.7 Å². The van der Waals surface area contributed by atoms with Crippen molar-refractivity contribution in [3.63, 3.8) is 0 Å². The lowest BCUT2D eigenvalue weighted by Gasteiger charge is -2.39. The van der Waals surface area contributed by atoms with E-state index >= 15 is 0 Å². The van der Waals surface area contributed by atoms with Gasteiger partial charge in [-0.2, -0.15) is 0 Å². The number of carbonyl (C=O) groups is 1. The molecule has 0 aromatic carbocycles. The van der Waals surface area contributed by atoms with Crippen molar-refractivity contribution in [2.24, 2.45) is 0 Å². The molecular weight excluding hydrogens is 238 g/mol. The Kier molecular flexibility index (Phi) is 5.22. The number of amides is 1. The van der Waals surface area contributed by atoms with Crippen LogP contribution < -0.4 is 5.32 Å². The van der Waals surface area contributed by atoms with Crippen LogP contribution in [0.3, 0.4) is 0 Å². The van der Waals surface area contributed by atoms with Crippen LogP contribution in [0.1, 0.15) is 46.0 Å². The highest BCUT2D eigenvalue weighted by atomic mass is 16.2. The summed E-state index contributed by atoms with van der Waals surface area (Å²) in [6, 6.07) is 0.977. The van der Waals surface area contributed by atoms with Crippen LogP contribution in [0.5, 0.6) is 0 Å². The number of carbonyl (C=O) groups excluding carboxylic acids is 1. The van der Waals surface area contributed by atoms with E-state index in [9.17, 15) is 4.79 Å². The summed E-state index contributed by atoms with van der Waals surface area (Å²) < 4.78 is 0. The van der Waals surface area contributed by atoms with Gasteiger partial charge < -0.3 is 15.1 Å². The first-order chi connectivity index (χ1) is 9.11. The molecule has 0 spiro atoms. The Balaban J connectivity index is 1.85. The van der Waals surface area contributed by atoms with Crippen LogP contribution in [0, 0.1) is 0 Å². The second-order valence-corrected chi connectivity index (χ2v) is 6.17. The van der Waals surface area contributed by atoms with Crippen LogP contribution in [-0.4, -0.2) is 60.5 Å². The molecule has 0 saturated carbocycles. The Bertz CT molecular complexity index is 300. The van der Waals surface area contributed by atoms with Gasteiger partial charge >= 0.3 is 0 Å². The largest absolute Gasteiger partial charge is 0.341 e. The van der Waals surface area contributed by atoms with Gasteiger partial charge in [-0.3, -0.25) is 4.79 Å². The number of hydrogen-bond donors (Lipinski definition) is 1. The monoisotopic (exact) mass is 267 g/mol. The zero-order valence-corrected chi connectivity index (χ0v) is 12.7. The molecule has 2 fully saturated rings. The Morgan fingerprint density at radius 3 is 2.53 bits per heavy atom. The number of likely N-dealkylation sites (N-methyl/N-ethyl adjacent to an activating group) is 1. The van der Waals surface area contributed by atoms with Gasteiger partial charge in [0.1, 0.15) is 0 Å². The summed E-state index contributed by atoms with van der Waals surface area (Å²) in [6.45, 7) is 7.79. The number of nitrogens with zero attached hydrogens (tertiary/aromatic N) is 2. The lowest BCUT2D eigenvalue weighted by atomic mass is 9.97. The number of likely N-dealkylation sites (tertiary alicyclic amines) is 1. The summed E-state index contributed by atoms with van der Waals surface area (Å²) in [5.41, 5.74) is 0. The fourth-order valence-corrected chi connectivity index (χ4v) is 3.38. The van der Waals surface area contributed by atoms with Gasteiger partial charge in [-0.1, -0.05) is 6.92 Å². The molecule has 0 aliphatic carbocycles. The molecule has 1 N–H and O–H groups in total.